The Kier molecular flexibility index (Phi) is 23.3. The second-order valence-corrected chi connectivity index (χ2v) is 14.6. The second kappa shape index (κ2) is 25.5. The molecule has 1 aromatic rings. The fourth-order valence-corrected chi connectivity index (χ4v) is 6.24. The summed E-state index contributed by atoms with van der Waals surface area (Å²) in [4.78, 5) is 38.8. The molecule has 282 valence electrons. The normalized spacial score (nSPS) is 16.4. The van der Waals surface area contributed by atoms with Gasteiger partial charge in [0.15, 0.2) is 18.0 Å². The van der Waals surface area contributed by atoms with Crippen molar-refractivity contribution in [1.29, 1.82) is 0 Å². The third kappa shape index (κ3) is 18.4. The lowest BCUT2D eigenvalue weighted by Gasteiger charge is -2.28. The molecule has 0 radical (unpaired) electrons. The first-order valence-corrected chi connectivity index (χ1v) is 19.1. The van der Waals surface area contributed by atoms with Crippen molar-refractivity contribution in [3.05, 3.63) is 30.1 Å². The number of nitrogens with one attached hydrogen (secondary N) is 2. The Bertz CT molecular complexity index is 1060. The summed E-state index contributed by atoms with van der Waals surface area (Å²) in [6, 6.07) is 4.71. The Morgan fingerprint density at radius 2 is 1.35 bits per heavy atom. The third-order valence-corrected chi connectivity index (χ3v) is 9.29. The van der Waals surface area contributed by atoms with Crippen molar-refractivity contribution in [2.24, 2.45) is 5.41 Å². The third-order valence-electron chi connectivity index (χ3n) is 9.29. The fraction of sp³-hybridized carbons (Fsp3) is 0.795. The summed E-state index contributed by atoms with van der Waals surface area (Å²) in [7, 11) is 0. The lowest BCUT2D eigenvalue weighted by molar-refractivity contribution is -0.701. The van der Waals surface area contributed by atoms with Gasteiger partial charge in [0.25, 0.3) is 0 Å². The van der Waals surface area contributed by atoms with Crippen LogP contribution in [0, 0.1) is 5.41 Å². The predicted octanol–water partition coefficient (Wildman–Crippen LogP) is 5.92. The second-order valence-electron chi connectivity index (χ2n) is 14.6. The number of alkyl carbamates (subject to hydrolysis) is 2. The fourth-order valence-electron chi connectivity index (χ4n) is 6.24. The van der Waals surface area contributed by atoms with E-state index in [2.05, 4.69) is 17.6 Å². The van der Waals surface area contributed by atoms with Gasteiger partial charge in [0, 0.05) is 30.7 Å². The molecule has 2 amide bonds. The summed E-state index contributed by atoms with van der Waals surface area (Å²) in [5.74, 6) is -0.121. The minimum atomic E-state index is -0.900. The Hall–Kier alpha value is -2.39. The highest BCUT2D eigenvalue weighted by Crippen LogP contribution is 2.28. The number of Topliss-reactive ketones (excluding diaryl/α,β-unsaturated/α-hetero) is 1. The molecule has 2 atom stereocenters. The van der Waals surface area contributed by atoms with E-state index in [4.69, 9.17) is 14.2 Å². The van der Waals surface area contributed by atoms with Crippen LogP contribution in [0.15, 0.2) is 24.4 Å². The van der Waals surface area contributed by atoms with Gasteiger partial charge in [-0.2, -0.15) is 0 Å². The standard InChI is InChI=1S/C39H67N3O6.ClH/c1-6-8-9-10-11-12-13-14-15-16-17-18-19-20-21-23-28-40-36(44)46-31-39(27-25-30-48-39)32-47-37(45)41-34(35(43)38(3,4)5)33-26-22-24-29-42(33)7-2;/h22,24,26,29,34H,6-21,23,25,27-28,30-32H2,1-5H3,(H-,40,41,44,45);1H. The van der Waals surface area contributed by atoms with E-state index in [1.165, 1.54) is 89.9 Å². The maximum Gasteiger partial charge on any atom is 0.408 e. The van der Waals surface area contributed by atoms with Crippen LogP contribution in [0.3, 0.4) is 0 Å². The minimum absolute atomic E-state index is 0. The number of halogens is 1. The van der Waals surface area contributed by atoms with Crippen LogP contribution in [0.25, 0.3) is 0 Å². The van der Waals surface area contributed by atoms with Crippen LogP contribution in [-0.2, 0) is 25.5 Å². The first-order valence-electron chi connectivity index (χ1n) is 19.1. The number of aromatic nitrogens is 1. The Morgan fingerprint density at radius 1 is 0.816 bits per heavy atom. The molecule has 2 N–H and O–H groups in total. The summed E-state index contributed by atoms with van der Waals surface area (Å²) in [5.41, 5.74) is -0.890. The Morgan fingerprint density at radius 3 is 1.84 bits per heavy atom. The lowest BCUT2D eigenvalue weighted by Crippen LogP contribution is -3.00. The number of hydrogen-bond acceptors (Lipinski definition) is 6. The molecule has 1 saturated heterocycles. The Labute approximate surface area is 303 Å². The van der Waals surface area contributed by atoms with Crippen LogP contribution < -0.4 is 27.6 Å². The van der Waals surface area contributed by atoms with Crippen molar-refractivity contribution in [2.75, 3.05) is 26.4 Å². The molecule has 2 heterocycles. The van der Waals surface area contributed by atoms with Crippen LogP contribution in [-0.4, -0.2) is 49.9 Å². The van der Waals surface area contributed by atoms with E-state index in [0.717, 1.165) is 19.3 Å². The predicted molar refractivity (Wildman–Crippen MR) is 191 cm³/mol. The summed E-state index contributed by atoms with van der Waals surface area (Å²) in [6.45, 7) is 11.4. The van der Waals surface area contributed by atoms with Crippen molar-refractivity contribution < 1.29 is 45.6 Å². The number of rotatable bonds is 25. The smallest absolute Gasteiger partial charge is 0.408 e. The van der Waals surface area contributed by atoms with Gasteiger partial charge >= 0.3 is 12.2 Å². The van der Waals surface area contributed by atoms with E-state index in [1.54, 1.807) is 0 Å². The van der Waals surface area contributed by atoms with Crippen molar-refractivity contribution in [3.63, 3.8) is 0 Å². The molecule has 0 spiro atoms. The van der Waals surface area contributed by atoms with Gasteiger partial charge in [-0.15, -0.1) is 0 Å². The highest BCUT2D eigenvalue weighted by Gasteiger charge is 2.40. The molecule has 1 aliphatic rings. The van der Waals surface area contributed by atoms with E-state index in [1.807, 2.05) is 56.7 Å². The molecule has 1 aromatic heterocycles. The van der Waals surface area contributed by atoms with Gasteiger partial charge in [0.1, 0.15) is 25.4 Å². The van der Waals surface area contributed by atoms with Crippen molar-refractivity contribution in [3.8, 4) is 0 Å². The summed E-state index contributed by atoms with van der Waals surface area (Å²) >= 11 is 0. The number of carbonyl (C=O) groups excluding carboxylic acids is 3. The minimum Gasteiger partial charge on any atom is -1.00 e. The monoisotopic (exact) mass is 709 g/mol. The van der Waals surface area contributed by atoms with Crippen LogP contribution in [0.4, 0.5) is 9.59 Å². The highest BCUT2D eigenvalue weighted by atomic mass is 35.5. The van der Waals surface area contributed by atoms with Crippen LogP contribution in [0.5, 0.6) is 0 Å². The van der Waals surface area contributed by atoms with Crippen molar-refractivity contribution >= 4 is 18.0 Å². The average Bonchev–Trinajstić information content (AvgIpc) is 3.55. The van der Waals surface area contributed by atoms with Gasteiger partial charge in [-0.25, -0.2) is 14.2 Å². The highest BCUT2D eigenvalue weighted by molar-refractivity contribution is 5.91. The number of amides is 2. The van der Waals surface area contributed by atoms with Gasteiger partial charge in [-0.1, -0.05) is 130 Å². The van der Waals surface area contributed by atoms with Crippen molar-refractivity contribution in [1.82, 2.24) is 10.6 Å². The number of pyridine rings is 1. The molecule has 2 unspecified atom stereocenters. The van der Waals surface area contributed by atoms with Crippen molar-refractivity contribution in [2.45, 2.75) is 168 Å². The molecule has 0 bridgehead atoms. The van der Waals surface area contributed by atoms with Crippen LogP contribution in [0.2, 0.25) is 0 Å². The van der Waals surface area contributed by atoms with Gasteiger partial charge in [0.2, 0.25) is 5.69 Å². The summed E-state index contributed by atoms with van der Waals surface area (Å²) in [5, 5.41) is 5.63. The number of nitrogens with zero attached hydrogens (tertiary/aromatic N) is 1. The quantitative estimate of drug-likeness (QED) is 0.0965. The lowest BCUT2D eigenvalue weighted by atomic mass is 9.85. The maximum absolute atomic E-state index is 13.4. The molecule has 10 heteroatoms. The largest absolute Gasteiger partial charge is 1.00 e. The Balaban J connectivity index is 0.0000120. The molecule has 49 heavy (non-hydrogen) atoms. The van der Waals surface area contributed by atoms with Gasteiger partial charge in [-0.3, -0.25) is 4.79 Å². The molecule has 0 aliphatic carbocycles. The van der Waals surface area contributed by atoms with E-state index in [-0.39, 0.29) is 31.4 Å². The number of aryl methyl sites for hydroxylation is 1. The molecule has 2 rings (SSSR count). The molecular weight excluding hydrogens is 642 g/mol. The average molecular weight is 710 g/mol. The van der Waals surface area contributed by atoms with Gasteiger partial charge < -0.3 is 37.3 Å². The number of carbonyl (C=O) groups is 3. The molecular formula is C39H68ClN3O6. The molecule has 1 fully saturated rings. The SMILES string of the molecule is CCCCCCCCCCCCCCCCCCNC(=O)OCC1(COC(=O)NC(C(=O)C(C)(C)C)c2cccc[n+]2CC)CCCO1.[Cl-]. The van der Waals surface area contributed by atoms with Gasteiger partial charge in [-0.05, 0) is 26.2 Å². The summed E-state index contributed by atoms with van der Waals surface area (Å²) < 4.78 is 19.0. The topological polar surface area (TPSA) is 107 Å². The zero-order valence-electron chi connectivity index (χ0n) is 31.4. The molecule has 0 saturated carbocycles. The van der Waals surface area contributed by atoms with Crippen LogP contribution >= 0.6 is 0 Å². The van der Waals surface area contributed by atoms with E-state index >= 15 is 0 Å². The molecule has 9 nitrogen and oxygen atoms in total. The number of unbranched alkanes of at least 4 members (excludes halogenated alkanes) is 15. The number of hydrogen-bond donors (Lipinski definition) is 2. The maximum atomic E-state index is 13.4. The zero-order chi connectivity index (χ0) is 35.1. The van der Waals surface area contributed by atoms with Gasteiger partial charge in [0.05, 0.1) is 0 Å². The molecule has 0 aromatic carbocycles. The summed E-state index contributed by atoms with van der Waals surface area (Å²) in [6.07, 6.45) is 23.0. The van der Waals surface area contributed by atoms with Crippen LogP contribution in [0.1, 0.15) is 162 Å². The first-order chi connectivity index (χ1) is 23.1. The van der Waals surface area contributed by atoms with E-state index < -0.39 is 29.2 Å². The zero-order valence-corrected chi connectivity index (χ0v) is 32.2. The number of ketones is 1. The van der Waals surface area contributed by atoms with E-state index in [9.17, 15) is 14.4 Å². The van der Waals surface area contributed by atoms with E-state index in [0.29, 0.717) is 31.8 Å². The number of ether oxygens (including phenoxy) is 3. The first kappa shape index (κ1) is 44.6. The molecule has 1 aliphatic heterocycles.